The number of hydrogen-bond acceptors (Lipinski definition) is 3. The summed E-state index contributed by atoms with van der Waals surface area (Å²) in [6.07, 6.45) is 0.575. The third-order valence-electron chi connectivity index (χ3n) is 3.82. The minimum absolute atomic E-state index is 0.0878. The van der Waals surface area contributed by atoms with Crippen molar-refractivity contribution in [3.63, 3.8) is 0 Å². The second-order valence-electron chi connectivity index (χ2n) is 5.99. The van der Waals surface area contributed by atoms with E-state index in [-0.39, 0.29) is 12.3 Å². The van der Waals surface area contributed by atoms with Crippen molar-refractivity contribution in [3.05, 3.63) is 64.7 Å². The molecular formula is C20H23NO4. The van der Waals surface area contributed by atoms with E-state index in [4.69, 9.17) is 9.84 Å². The number of nitrogens with one attached hydrogen (secondary N) is 1. The number of benzene rings is 2. The summed E-state index contributed by atoms with van der Waals surface area (Å²) in [5.74, 6) is -0.219. The van der Waals surface area contributed by atoms with Crippen molar-refractivity contribution in [3.8, 4) is 5.75 Å². The van der Waals surface area contributed by atoms with Crippen molar-refractivity contribution in [2.45, 2.75) is 33.2 Å². The first-order valence-corrected chi connectivity index (χ1v) is 8.24. The van der Waals surface area contributed by atoms with Gasteiger partial charge in [0.25, 0.3) is 5.91 Å². The molecule has 0 spiro atoms. The number of carboxylic acids is 1. The molecule has 0 aliphatic rings. The third kappa shape index (κ3) is 5.95. The van der Waals surface area contributed by atoms with Gasteiger partial charge in [-0.3, -0.25) is 9.59 Å². The van der Waals surface area contributed by atoms with Gasteiger partial charge in [0, 0.05) is 18.5 Å². The molecule has 0 heterocycles. The van der Waals surface area contributed by atoms with E-state index in [1.165, 1.54) is 0 Å². The molecule has 5 heteroatoms. The molecule has 1 amide bonds. The fourth-order valence-corrected chi connectivity index (χ4v) is 2.37. The van der Waals surface area contributed by atoms with Crippen molar-refractivity contribution in [2.24, 2.45) is 0 Å². The lowest BCUT2D eigenvalue weighted by atomic mass is 10.0. The molecule has 2 aromatic rings. The van der Waals surface area contributed by atoms with Crippen molar-refractivity contribution in [1.29, 1.82) is 0 Å². The Bertz CT molecular complexity index is 738. The van der Waals surface area contributed by atoms with Crippen LogP contribution in [0.15, 0.2) is 42.5 Å². The van der Waals surface area contributed by atoms with Crippen LogP contribution in [0.5, 0.6) is 5.75 Å². The van der Waals surface area contributed by atoms with E-state index in [0.29, 0.717) is 30.9 Å². The van der Waals surface area contributed by atoms with E-state index < -0.39 is 5.97 Å². The first-order valence-electron chi connectivity index (χ1n) is 8.24. The topological polar surface area (TPSA) is 75.6 Å². The predicted molar refractivity (Wildman–Crippen MR) is 95.9 cm³/mol. The molecule has 0 aliphatic carbocycles. The van der Waals surface area contributed by atoms with E-state index in [2.05, 4.69) is 5.32 Å². The second kappa shape index (κ2) is 8.87. The highest BCUT2D eigenvalue weighted by molar-refractivity contribution is 5.95. The molecule has 132 valence electrons. The van der Waals surface area contributed by atoms with Gasteiger partial charge in [0.15, 0.2) is 0 Å². The molecule has 0 atom stereocenters. The molecule has 25 heavy (non-hydrogen) atoms. The summed E-state index contributed by atoms with van der Waals surface area (Å²) in [4.78, 5) is 22.7. The Balaban J connectivity index is 1.84. The minimum Gasteiger partial charge on any atom is -0.494 e. The summed E-state index contributed by atoms with van der Waals surface area (Å²) < 4.78 is 5.48. The molecule has 0 unspecified atom stereocenters. The van der Waals surface area contributed by atoms with Crippen LogP contribution in [0.1, 0.15) is 39.9 Å². The Morgan fingerprint density at radius 1 is 1.08 bits per heavy atom. The number of carbonyl (C=O) groups excluding carboxylic acids is 1. The summed E-state index contributed by atoms with van der Waals surface area (Å²) in [7, 11) is 0. The highest BCUT2D eigenvalue weighted by atomic mass is 16.5. The van der Waals surface area contributed by atoms with E-state index in [1.807, 2.05) is 56.3 Å². The number of carboxylic acid groups (broad SMARTS) is 1. The molecule has 0 radical (unpaired) electrons. The van der Waals surface area contributed by atoms with Crippen LogP contribution in [0.25, 0.3) is 0 Å². The quantitative estimate of drug-likeness (QED) is 0.721. The smallest absolute Gasteiger partial charge is 0.303 e. The Hall–Kier alpha value is -2.82. The van der Waals surface area contributed by atoms with Crippen molar-refractivity contribution in [2.75, 3.05) is 6.61 Å². The van der Waals surface area contributed by atoms with Crippen LogP contribution in [0, 0.1) is 13.8 Å². The number of ether oxygens (including phenoxy) is 1. The van der Waals surface area contributed by atoms with Gasteiger partial charge < -0.3 is 15.2 Å². The van der Waals surface area contributed by atoms with Gasteiger partial charge in [-0.05, 0) is 49.6 Å². The van der Waals surface area contributed by atoms with Gasteiger partial charge >= 0.3 is 5.97 Å². The Labute approximate surface area is 147 Å². The maximum atomic E-state index is 12.3. The Kier molecular flexibility index (Phi) is 6.57. The highest BCUT2D eigenvalue weighted by Crippen LogP contribution is 2.14. The van der Waals surface area contributed by atoms with Crippen molar-refractivity contribution in [1.82, 2.24) is 5.32 Å². The molecule has 0 bridgehead atoms. The Morgan fingerprint density at radius 3 is 2.48 bits per heavy atom. The van der Waals surface area contributed by atoms with E-state index in [9.17, 15) is 9.59 Å². The summed E-state index contributed by atoms with van der Waals surface area (Å²) >= 11 is 0. The second-order valence-corrected chi connectivity index (χ2v) is 5.99. The van der Waals surface area contributed by atoms with Crippen LogP contribution in [0.4, 0.5) is 0 Å². The summed E-state index contributed by atoms with van der Waals surface area (Å²) in [5, 5.41) is 11.5. The maximum absolute atomic E-state index is 12.3. The molecule has 0 saturated carbocycles. The number of carbonyl (C=O) groups is 2. The number of aryl methyl sites for hydroxylation is 2. The molecule has 2 aromatic carbocycles. The van der Waals surface area contributed by atoms with Gasteiger partial charge in [-0.1, -0.05) is 29.8 Å². The lowest BCUT2D eigenvalue weighted by molar-refractivity contribution is -0.137. The molecular weight excluding hydrogens is 318 g/mol. The van der Waals surface area contributed by atoms with Crippen LogP contribution in [-0.4, -0.2) is 23.6 Å². The van der Waals surface area contributed by atoms with Crippen molar-refractivity contribution < 1.29 is 19.4 Å². The number of aliphatic carboxylic acids is 1. The van der Waals surface area contributed by atoms with Gasteiger partial charge in [-0.25, -0.2) is 0 Å². The van der Waals surface area contributed by atoms with E-state index in [1.54, 1.807) is 0 Å². The maximum Gasteiger partial charge on any atom is 0.303 e. The first kappa shape index (κ1) is 18.5. The standard InChI is InChI=1S/C20H23NO4/c1-14-5-6-15(2)18(12-14)20(24)21-13-16-7-9-17(10-8-16)25-11-3-4-19(22)23/h5-10,12H,3-4,11,13H2,1-2H3,(H,21,24)(H,22,23). The molecule has 0 aromatic heterocycles. The zero-order valence-electron chi connectivity index (χ0n) is 14.5. The van der Waals surface area contributed by atoms with Crippen molar-refractivity contribution >= 4 is 11.9 Å². The SMILES string of the molecule is Cc1ccc(C)c(C(=O)NCc2ccc(OCCCC(=O)O)cc2)c1. The minimum atomic E-state index is -0.821. The van der Waals surface area contributed by atoms with Gasteiger partial charge in [0.1, 0.15) is 5.75 Å². The van der Waals surface area contributed by atoms with E-state index >= 15 is 0 Å². The van der Waals surface area contributed by atoms with Crippen LogP contribution in [-0.2, 0) is 11.3 Å². The lowest BCUT2D eigenvalue weighted by Crippen LogP contribution is -2.23. The molecule has 0 aliphatic heterocycles. The number of hydrogen-bond donors (Lipinski definition) is 2. The zero-order chi connectivity index (χ0) is 18.2. The van der Waals surface area contributed by atoms with Gasteiger partial charge in [0.05, 0.1) is 6.61 Å². The fourth-order valence-electron chi connectivity index (χ4n) is 2.37. The molecule has 0 saturated heterocycles. The fraction of sp³-hybridized carbons (Fsp3) is 0.300. The summed E-state index contributed by atoms with van der Waals surface area (Å²) in [6.45, 7) is 4.69. The normalized spacial score (nSPS) is 10.3. The van der Waals surface area contributed by atoms with E-state index in [0.717, 1.165) is 16.7 Å². The predicted octanol–water partition coefficient (Wildman–Crippen LogP) is 3.48. The average molecular weight is 341 g/mol. The third-order valence-corrected chi connectivity index (χ3v) is 3.82. The summed E-state index contributed by atoms with van der Waals surface area (Å²) in [5.41, 5.74) is 3.67. The van der Waals surface area contributed by atoms with Crippen LogP contribution in [0.2, 0.25) is 0 Å². The van der Waals surface area contributed by atoms with Gasteiger partial charge in [-0.2, -0.15) is 0 Å². The number of rotatable bonds is 8. The lowest BCUT2D eigenvalue weighted by Gasteiger charge is -2.10. The zero-order valence-corrected chi connectivity index (χ0v) is 14.5. The average Bonchev–Trinajstić information content (AvgIpc) is 2.59. The Morgan fingerprint density at radius 2 is 1.80 bits per heavy atom. The monoisotopic (exact) mass is 341 g/mol. The number of amides is 1. The van der Waals surface area contributed by atoms with Gasteiger partial charge in [-0.15, -0.1) is 0 Å². The van der Waals surface area contributed by atoms with Crippen LogP contribution in [0.3, 0.4) is 0 Å². The molecule has 5 nitrogen and oxygen atoms in total. The van der Waals surface area contributed by atoms with Crippen LogP contribution >= 0.6 is 0 Å². The van der Waals surface area contributed by atoms with Crippen LogP contribution < -0.4 is 10.1 Å². The van der Waals surface area contributed by atoms with Gasteiger partial charge in [0.2, 0.25) is 0 Å². The summed E-state index contributed by atoms with van der Waals surface area (Å²) in [6, 6.07) is 13.2. The molecule has 2 rings (SSSR count). The first-order chi connectivity index (χ1) is 12.0. The molecule has 2 N–H and O–H groups in total. The highest BCUT2D eigenvalue weighted by Gasteiger charge is 2.08. The molecule has 0 fully saturated rings. The largest absolute Gasteiger partial charge is 0.494 e.